The zero-order valence-corrected chi connectivity index (χ0v) is 14.4. The summed E-state index contributed by atoms with van der Waals surface area (Å²) in [4.78, 5) is 10.4. The van der Waals surface area contributed by atoms with Crippen molar-refractivity contribution in [3.05, 3.63) is 75.9 Å². The maximum absolute atomic E-state index is 11.0. The van der Waals surface area contributed by atoms with E-state index >= 15 is 0 Å². The van der Waals surface area contributed by atoms with Gasteiger partial charge in [-0.25, -0.2) is 0 Å². The Labute approximate surface area is 154 Å². The number of para-hydroxylation sites is 2. The quantitative estimate of drug-likeness (QED) is 0.505. The molecule has 0 spiro atoms. The van der Waals surface area contributed by atoms with Crippen molar-refractivity contribution < 1.29 is 14.8 Å². The van der Waals surface area contributed by atoms with Gasteiger partial charge in [-0.2, -0.15) is 5.10 Å². The number of hydrogen-bond donors (Lipinski definition) is 1. The smallest absolute Gasteiger partial charge is 0.310 e. The molecule has 1 N–H and O–H groups in total. The van der Waals surface area contributed by atoms with E-state index in [1.165, 1.54) is 12.1 Å². The number of halogens is 1. The van der Waals surface area contributed by atoms with Crippen molar-refractivity contribution in [3.63, 3.8) is 0 Å². The number of ether oxygens (including phenoxy) is 1. The van der Waals surface area contributed by atoms with Gasteiger partial charge < -0.3 is 9.84 Å². The van der Waals surface area contributed by atoms with Gasteiger partial charge in [-0.1, -0.05) is 35.9 Å². The average molecular weight is 374 g/mol. The minimum Gasteiger partial charge on any atom is -0.484 e. The molecule has 7 nitrogen and oxygen atoms in total. The molecule has 0 amide bonds. The van der Waals surface area contributed by atoms with E-state index in [1.54, 1.807) is 35.1 Å². The Morgan fingerprint density at radius 2 is 1.92 bits per heavy atom. The van der Waals surface area contributed by atoms with E-state index in [4.69, 9.17) is 16.3 Å². The Morgan fingerprint density at radius 3 is 2.65 bits per heavy atom. The minimum absolute atomic E-state index is 0.0823. The molecule has 1 aromatic heterocycles. The zero-order valence-electron chi connectivity index (χ0n) is 13.7. The van der Waals surface area contributed by atoms with Gasteiger partial charge in [-0.15, -0.1) is 0 Å². The number of benzene rings is 2. The molecule has 0 saturated carbocycles. The number of nitro groups is 1. The minimum atomic E-state index is -0.868. The molecule has 0 fully saturated rings. The standard InChI is InChI=1S/C18H16ClN3O4/c19-14-7-5-13(6-8-14)16-9-10-21(20-16)11-15(23)12-26-18-4-2-1-3-17(18)22(24)25/h1-10,15,23H,11-12H2. The van der Waals surface area contributed by atoms with E-state index in [1.807, 2.05) is 18.2 Å². The lowest BCUT2D eigenvalue weighted by Gasteiger charge is -2.12. The van der Waals surface area contributed by atoms with Gasteiger partial charge >= 0.3 is 5.69 Å². The fourth-order valence-electron chi connectivity index (χ4n) is 2.42. The summed E-state index contributed by atoms with van der Waals surface area (Å²) in [7, 11) is 0. The first kappa shape index (κ1) is 17.9. The van der Waals surface area contributed by atoms with Crippen LogP contribution in [0, 0.1) is 10.1 Å². The second-order valence-corrected chi connectivity index (χ2v) is 6.06. The van der Waals surface area contributed by atoms with Crippen LogP contribution in [-0.2, 0) is 6.54 Å². The lowest BCUT2D eigenvalue weighted by molar-refractivity contribution is -0.385. The zero-order chi connectivity index (χ0) is 18.5. The summed E-state index contributed by atoms with van der Waals surface area (Å²) in [6, 6.07) is 15.2. The van der Waals surface area contributed by atoms with Crippen molar-refractivity contribution >= 4 is 17.3 Å². The fourth-order valence-corrected chi connectivity index (χ4v) is 2.55. The summed E-state index contributed by atoms with van der Waals surface area (Å²) in [5.41, 5.74) is 1.54. The van der Waals surface area contributed by atoms with E-state index in [0.29, 0.717) is 5.02 Å². The molecular weight excluding hydrogens is 358 g/mol. The van der Waals surface area contributed by atoms with Gasteiger partial charge in [0.1, 0.15) is 12.7 Å². The third kappa shape index (κ3) is 4.38. The molecular formula is C18H16ClN3O4. The van der Waals surface area contributed by atoms with Gasteiger partial charge in [0.25, 0.3) is 0 Å². The average Bonchev–Trinajstić information content (AvgIpc) is 3.09. The Kier molecular flexibility index (Phi) is 5.50. The molecule has 8 heteroatoms. The molecule has 26 heavy (non-hydrogen) atoms. The maximum Gasteiger partial charge on any atom is 0.310 e. The largest absolute Gasteiger partial charge is 0.484 e. The van der Waals surface area contributed by atoms with Gasteiger partial charge in [0.05, 0.1) is 17.2 Å². The fraction of sp³-hybridized carbons (Fsp3) is 0.167. The molecule has 3 rings (SSSR count). The van der Waals surface area contributed by atoms with Crippen LogP contribution < -0.4 is 4.74 Å². The Morgan fingerprint density at radius 1 is 1.19 bits per heavy atom. The predicted octanol–water partition coefficient (Wildman–Crippen LogP) is 3.55. The first-order valence-corrected chi connectivity index (χ1v) is 8.24. The highest BCUT2D eigenvalue weighted by Gasteiger charge is 2.15. The van der Waals surface area contributed by atoms with Crippen molar-refractivity contribution in [1.82, 2.24) is 9.78 Å². The summed E-state index contributed by atoms with van der Waals surface area (Å²) < 4.78 is 6.98. The highest BCUT2D eigenvalue weighted by Crippen LogP contribution is 2.26. The molecule has 1 atom stereocenters. The molecule has 0 saturated heterocycles. The normalized spacial score (nSPS) is 11.9. The topological polar surface area (TPSA) is 90.4 Å². The van der Waals surface area contributed by atoms with Crippen LogP contribution in [0.4, 0.5) is 5.69 Å². The third-order valence-electron chi connectivity index (χ3n) is 3.67. The molecule has 2 aromatic carbocycles. The second-order valence-electron chi connectivity index (χ2n) is 5.62. The van der Waals surface area contributed by atoms with Crippen LogP contribution in [-0.4, -0.2) is 32.5 Å². The van der Waals surface area contributed by atoms with Gasteiger partial charge in [-0.3, -0.25) is 14.8 Å². The van der Waals surface area contributed by atoms with E-state index in [2.05, 4.69) is 5.10 Å². The van der Waals surface area contributed by atoms with E-state index < -0.39 is 11.0 Å². The Hall–Kier alpha value is -2.90. The molecule has 0 aliphatic rings. The molecule has 0 aliphatic heterocycles. The van der Waals surface area contributed by atoms with E-state index in [9.17, 15) is 15.2 Å². The Bertz CT molecular complexity index is 895. The van der Waals surface area contributed by atoms with Crippen molar-refractivity contribution in [1.29, 1.82) is 0 Å². The van der Waals surface area contributed by atoms with Crippen LogP contribution in [0.25, 0.3) is 11.3 Å². The summed E-state index contributed by atoms with van der Waals surface area (Å²) in [5.74, 6) is 0.124. The highest BCUT2D eigenvalue weighted by molar-refractivity contribution is 6.30. The number of aliphatic hydroxyl groups excluding tert-OH is 1. The number of hydrogen-bond acceptors (Lipinski definition) is 5. The lowest BCUT2D eigenvalue weighted by Crippen LogP contribution is -2.24. The van der Waals surface area contributed by atoms with Crippen LogP contribution in [0.1, 0.15) is 0 Å². The van der Waals surface area contributed by atoms with Crippen LogP contribution >= 0.6 is 11.6 Å². The third-order valence-corrected chi connectivity index (χ3v) is 3.92. The number of aromatic nitrogens is 2. The van der Waals surface area contributed by atoms with Gasteiger partial charge in [0, 0.05) is 22.8 Å². The molecule has 3 aromatic rings. The van der Waals surface area contributed by atoms with Crippen molar-refractivity contribution in [2.45, 2.75) is 12.6 Å². The molecule has 1 heterocycles. The van der Waals surface area contributed by atoms with Crippen LogP contribution in [0.15, 0.2) is 60.8 Å². The first-order valence-electron chi connectivity index (χ1n) is 7.86. The molecule has 0 bridgehead atoms. The number of nitrogens with zero attached hydrogens (tertiary/aromatic N) is 3. The van der Waals surface area contributed by atoms with Gasteiger partial charge in [-0.05, 0) is 24.3 Å². The monoisotopic (exact) mass is 373 g/mol. The van der Waals surface area contributed by atoms with Gasteiger partial charge in [0.15, 0.2) is 5.75 Å². The number of aliphatic hydroxyl groups is 1. The Balaban J connectivity index is 1.60. The van der Waals surface area contributed by atoms with Crippen LogP contribution in [0.3, 0.4) is 0 Å². The highest BCUT2D eigenvalue weighted by atomic mass is 35.5. The van der Waals surface area contributed by atoms with Crippen LogP contribution in [0.2, 0.25) is 5.02 Å². The van der Waals surface area contributed by atoms with Gasteiger partial charge in [0.2, 0.25) is 0 Å². The summed E-state index contributed by atoms with van der Waals surface area (Å²) in [5, 5.41) is 26.1. The van der Waals surface area contributed by atoms with Crippen molar-refractivity contribution in [2.24, 2.45) is 0 Å². The second kappa shape index (κ2) is 7.99. The summed E-state index contributed by atoms with van der Waals surface area (Å²) >= 11 is 5.87. The SMILES string of the molecule is O=[N+]([O-])c1ccccc1OCC(O)Cn1ccc(-c2ccc(Cl)cc2)n1. The molecule has 0 aliphatic carbocycles. The summed E-state index contributed by atoms with van der Waals surface area (Å²) in [6.07, 6.45) is 0.880. The number of nitro benzene ring substituents is 1. The van der Waals surface area contributed by atoms with E-state index in [-0.39, 0.29) is 24.6 Å². The van der Waals surface area contributed by atoms with Crippen molar-refractivity contribution in [3.8, 4) is 17.0 Å². The number of rotatable bonds is 7. The predicted molar refractivity (Wildman–Crippen MR) is 97.3 cm³/mol. The maximum atomic E-state index is 11.0. The molecule has 1 unspecified atom stereocenters. The van der Waals surface area contributed by atoms with E-state index in [0.717, 1.165) is 11.3 Å². The van der Waals surface area contributed by atoms with Crippen LogP contribution in [0.5, 0.6) is 5.75 Å². The molecule has 134 valence electrons. The summed E-state index contributed by atoms with van der Waals surface area (Å²) in [6.45, 7) is 0.120. The van der Waals surface area contributed by atoms with Crippen molar-refractivity contribution in [2.75, 3.05) is 6.61 Å². The first-order chi connectivity index (χ1) is 12.5. The molecule has 0 radical (unpaired) electrons. The lowest BCUT2D eigenvalue weighted by atomic mass is 10.2.